The van der Waals surface area contributed by atoms with Gasteiger partial charge in [-0.1, -0.05) is 12.1 Å². The number of hydrogen-bond donors (Lipinski definition) is 1. The van der Waals surface area contributed by atoms with Gasteiger partial charge in [-0.2, -0.15) is 0 Å². The molecule has 1 aliphatic rings. The van der Waals surface area contributed by atoms with Gasteiger partial charge < -0.3 is 9.94 Å². The molecule has 0 amide bonds. The van der Waals surface area contributed by atoms with Crippen LogP contribution in [0.15, 0.2) is 29.4 Å². The van der Waals surface area contributed by atoms with Gasteiger partial charge in [0.15, 0.2) is 0 Å². The lowest BCUT2D eigenvalue weighted by Crippen LogP contribution is -2.23. The Balaban J connectivity index is 2.14. The van der Waals surface area contributed by atoms with Crippen LogP contribution in [0.1, 0.15) is 25.8 Å². The first-order chi connectivity index (χ1) is 8.08. The summed E-state index contributed by atoms with van der Waals surface area (Å²) in [6, 6.07) is 6.82. The molecular weight excluding hydrogens is 218 g/mol. The van der Waals surface area contributed by atoms with Gasteiger partial charge in [0.1, 0.15) is 17.6 Å². The fourth-order valence-corrected chi connectivity index (χ4v) is 1.92. The maximum absolute atomic E-state index is 11.1. The second kappa shape index (κ2) is 4.57. The van der Waals surface area contributed by atoms with Crippen molar-refractivity contribution in [3.63, 3.8) is 0 Å². The fraction of sp³-hybridized carbons (Fsp3) is 0.385. The molecule has 1 aromatic carbocycles. The molecule has 1 heterocycles. The highest BCUT2D eigenvalue weighted by Crippen LogP contribution is 2.25. The first-order valence-corrected chi connectivity index (χ1v) is 5.60. The summed E-state index contributed by atoms with van der Waals surface area (Å²) in [7, 11) is 0. The summed E-state index contributed by atoms with van der Waals surface area (Å²) >= 11 is 0. The molecule has 1 aliphatic heterocycles. The number of phenols is 1. The summed E-state index contributed by atoms with van der Waals surface area (Å²) in [4.78, 5) is 16.3. The van der Waals surface area contributed by atoms with Crippen LogP contribution >= 0.6 is 0 Å². The number of phenolic OH excluding ortho intramolecular Hbond substituents is 1. The van der Waals surface area contributed by atoms with E-state index in [9.17, 15) is 9.90 Å². The molecule has 2 rings (SSSR count). The molecule has 0 aliphatic carbocycles. The third-order valence-corrected chi connectivity index (χ3v) is 2.93. The third-order valence-electron chi connectivity index (χ3n) is 2.93. The third kappa shape index (κ3) is 2.46. The molecule has 1 N–H and O–H groups in total. The van der Waals surface area contributed by atoms with Crippen LogP contribution in [0.2, 0.25) is 0 Å². The highest BCUT2D eigenvalue weighted by Gasteiger charge is 2.31. The van der Waals surface area contributed by atoms with Crippen molar-refractivity contribution in [2.45, 2.75) is 26.4 Å². The molecule has 0 saturated carbocycles. The standard InChI is InChI=1S/C13H15NO3/c1-8(15)7-12-9(2)13(14-17-12)10-3-5-11(16)6-4-10/h3-6,9,12,16H,7H2,1-2H3. The molecule has 0 fully saturated rings. The van der Waals surface area contributed by atoms with Crippen molar-refractivity contribution < 1.29 is 14.7 Å². The molecule has 2 unspecified atom stereocenters. The van der Waals surface area contributed by atoms with Crippen LogP contribution in [0.4, 0.5) is 0 Å². The van der Waals surface area contributed by atoms with Gasteiger partial charge in [-0.3, -0.25) is 4.79 Å². The van der Waals surface area contributed by atoms with E-state index >= 15 is 0 Å². The molecule has 17 heavy (non-hydrogen) atoms. The minimum absolute atomic E-state index is 0.0865. The first-order valence-electron chi connectivity index (χ1n) is 5.60. The highest BCUT2D eigenvalue weighted by molar-refractivity contribution is 6.03. The van der Waals surface area contributed by atoms with Gasteiger partial charge in [-0.05, 0) is 36.8 Å². The molecular formula is C13H15NO3. The van der Waals surface area contributed by atoms with Crippen molar-refractivity contribution >= 4 is 11.5 Å². The summed E-state index contributed by atoms with van der Waals surface area (Å²) < 4.78 is 0. The SMILES string of the molecule is CC(=O)CC1ON=C(c2ccc(O)cc2)C1C. The van der Waals surface area contributed by atoms with E-state index in [4.69, 9.17) is 4.84 Å². The highest BCUT2D eigenvalue weighted by atomic mass is 16.6. The molecule has 0 spiro atoms. The van der Waals surface area contributed by atoms with Crippen molar-refractivity contribution in [3.05, 3.63) is 29.8 Å². The van der Waals surface area contributed by atoms with E-state index < -0.39 is 0 Å². The predicted molar refractivity (Wildman–Crippen MR) is 64.0 cm³/mol. The smallest absolute Gasteiger partial charge is 0.142 e. The zero-order valence-corrected chi connectivity index (χ0v) is 9.88. The number of ketones is 1. The van der Waals surface area contributed by atoms with Gasteiger partial charge in [0, 0.05) is 12.3 Å². The Morgan fingerprint density at radius 3 is 2.65 bits per heavy atom. The lowest BCUT2D eigenvalue weighted by atomic mass is 9.92. The maximum atomic E-state index is 11.1. The van der Waals surface area contributed by atoms with Crippen molar-refractivity contribution in [3.8, 4) is 5.75 Å². The first kappa shape index (κ1) is 11.6. The largest absolute Gasteiger partial charge is 0.508 e. The van der Waals surface area contributed by atoms with Gasteiger partial charge in [0.2, 0.25) is 0 Å². The molecule has 0 radical (unpaired) electrons. The zero-order valence-electron chi connectivity index (χ0n) is 9.88. The summed E-state index contributed by atoms with van der Waals surface area (Å²) in [5.74, 6) is 0.411. The molecule has 4 heteroatoms. The van der Waals surface area contributed by atoms with E-state index in [-0.39, 0.29) is 23.6 Å². The van der Waals surface area contributed by atoms with E-state index in [1.165, 1.54) is 0 Å². The van der Waals surface area contributed by atoms with E-state index in [2.05, 4.69) is 5.16 Å². The van der Waals surface area contributed by atoms with E-state index in [1.54, 1.807) is 31.2 Å². The number of Topliss-reactive ketones (excluding diaryl/α,β-unsaturated/α-hetero) is 1. The van der Waals surface area contributed by atoms with E-state index in [0.717, 1.165) is 11.3 Å². The van der Waals surface area contributed by atoms with Crippen LogP contribution < -0.4 is 0 Å². The lowest BCUT2D eigenvalue weighted by Gasteiger charge is -2.12. The number of carbonyl (C=O) groups excluding carboxylic acids is 1. The van der Waals surface area contributed by atoms with Gasteiger partial charge in [0.05, 0.1) is 5.71 Å². The Bertz CT molecular complexity index is 450. The quantitative estimate of drug-likeness (QED) is 0.869. The average molecular weight is 233 g/mol. The number of nitrogens with zero attached hydrogens (tertiary/aromatic N) is 1. The van der Waals surface area contributed by atoms with Crippen LogP contribution in [-0.2, 0) is 9.63 Å². The second-order valence-corrected chi connectivity index (χ2v) is 4.36. The van der Waals surface area contributed by atoms with Crippen molar-refractivity contribution in [2.24, 2.45) is 11.1 Å². The van der Waals surface area contributed by atoms with Gasteiger partial charge >= 0.3 is 0 Å². The lowest BCUT2D eigenvalue weighted by molar-refractivity contribution is -0.119. The monoisotopic (exact) mass is 233 g/mol. The van der Waals surface area contributed by atoms with Crippen molar-refractivity contribution in [1.29, 1.82) is 0 Å². The number of oxime groups is 1. The Labute approximate surface area is 99.9 Å². The summed E-state index contributed by atoms with van der Waals surface area (Å²) in [6.45, 7) is 3.54. The Kier molecular flexibility index (Phi) is 3.13. The molecule has 0 bridgehead atoms. The van der Waals surface area contributed by atoms with E-state index in [1.807, 2.05) is 6.92 Å². The second-order valence-electron chi connectivity index (χ2n) is 4.36. The van der Waals surface area contributed by atoms with Crippen LogP contribution in [-0.4, -0.2) is 22.7 Å². The maximum Gasteiger partial charge on any atom is 0.142 e. The van der Waals surface area contributed by atoms with Crippen LogP contribution in [0.5, 0.6) is 5.75 Å². The average Bonchev–Trinajstić information content (AvgIpc) is 2.61. The summed E-state index contributed by atoms with van der Waals surface area (Å²) in [6.07, 6.45) is 0.211. The molecule has 0 saturated heterocycles. The molecule has 4 nitrogen and oxygen atoms in total. The van der Waals surface area contributed by atoms with Crippen LogP contribution in [0, 0.1) is 5.92 Å². The predicted octanol–water partition coefficient (Wildman–Crippen LogP) is 2.11. The topological polar surface area (TPSA) is 58.9 Å². The van der Waals surface area contributed by atoms with Crippen LogP contribution in [0.3, 0.4) is 0 Å². The van der Waals surface area contributed by atoms with Crippen molar-refractivity contribution in [1.82, 2.24) is 0 Å². The molecule has 2 atom stereocenters. The van der Waals surface area contributed by atoms with Gasteiger partial charge in [-0.15, -0.1) is 0 Å². The zero-order chi connectivity index (χ0) is 12.4. The number of benzene rings is 1. The van der Waals surface area contributed by atoms with E-state index in [0.29, 0.717) is 6.42 Å². The van der Waals surface area contributed by atoms with Crippen LogP contribution in [0.25, 0.3) is 0 Å². The number of carbonyl (C=O) groups is 1. The summed E-state index contributed by atoms with van der Waals surface area (Å²) in [5.41, 5.74) is 1.75. The Morgan fingerprint density at radius 1 is 1.41 bits per heavy atom. The number of hydrogen-bond acceptors (Lipinski definition) is 4. The number of rotatable bonds is 3. The summed E-state index contributed by atoms with van der Waals surface area (Å²) in [5, 5.41) is 13.3. The van der Waals surface area contributed by atoms with Crippen molar-refractivity contribution in [2.75, 3.05) is 0 Å². The van der Waals surface area contributed by atoms with Gasteiger partial charge in [0.25, 0.3) is 0 Å². The molecule has 0 aromatic heterocycles. The minimum Gasteiger partial charge on any atom is -0.508 e. The normalized spacial score (nSPS) is 23.1. The van der Waals surface area contributed by atoms with Gasteiger partial charge in [-0.25, -0.2) is 0 Å². The Morgan fingerprint density at radius 2 is 2.06 bits per heavy atom. The fourth-order valence-electron chi connectivity index (χ4n) is 1.92. The molecule has 90 valence electrons. The Hall–Kier alpha value is -1.84. The minimum atomic E-state index is -0.170. The number of aromatic hydroxyl groups is 1. The molecule has 1 aromatic rings.